The highest BCUT2D eigenvalue weighted by molar-refractivity contribution is 7.07. The Morgan fingerprint density at radius 1 is 1.52 bits per heavy atom. The summed E-state index contributed by atoms with van der Waals surface area (Å²) in [5.41, 5.74) is 0.877. The number of carbonyl (C=O) groups is 1. The standard InChI is InChI=1S/C15H24N2O2S.ClH/c1-11(12-2-5-16-6-3-12)8-15(19)17-9-14(18)13-4-7-20-10-13;/h4,7,10-12,14,16,18H,2-3,5-6,8-9H2,1H3,(H,17,19);1H. The van der Waals surface area contributed by atoms with Crippen molar-refractivity contribution in [3.05, 3.63) is 22.4 Å². The van der Waals surface area contributed by atoms with E-state index in [2.05, 4.69) is 17.6 Å². The van der Waals surface area contributed by atoms with Crippen molar-refractivity contribution in [2.45, 2.75) is 32.3 Å². The molecule has 0 radical (unpaired) electrons. The summed E-state index contributed by atoms with van der Waals surface area (Å²) in [6, 6.07) is 1.89. The highest BCUT2D eigenvalue weighted by Gasteiger charge is 2.22. The number of hydrogen-bond acceptors (Lipinski definition) is 4. The summed E-state index contributed by atoms with van der Waals surface area (Å²) < 4.78 is 0. The quantitative estimate of drug-likeness (QED) is 0.749. The van der Waals surface area contributed by atoms with Gasteiger partial charge in [-0.25, -0.2) is 0 Å². The Balaban J connectivity index is 0.00000220. The lowest BCUT2D eigenvalue weighted by Gasteiger charge is -2.28. The molecule has 120 valence electrons. The molecule has 0 saturated carbocycles. The first-order valence-electron chi connectivity index (χ1n) is 7.34. The first-order valence-corrected chi connectivity index (χ1v) is 8.28. The monoisotopic (exact) mass is 332 g/mol. The van der Waals surface area contributed by atoms with Crippen LogP contribution < -0.4 is 10.6 Å². The van der Waals surface area contributed by atoms with Gasteiger partial charge < -0.3 is 15.7 Å². The third kappa shape index (κ3) is 5.94. The average Bonchev–Trinajstić information content (AvgIpc) is 3.00. The number of amides is 1. The first kappa shape index (κ1) is 18.4. The minimum Gasteiger partial charge on any atom is -0.387 e. The van der Waals surface area contributed by atoms with Crippen molar-refractivity contribution < 1.29 is 9.90 Å². The second-order valence-corrected chi connectivity index (χ2v) is 6.43. The molecule has 1 aromatic heterocycles. The Morgan fingerprint density at radius 3 is 2.86 bits per heavy atom. The van der Waals surface area contributed by atoms with Gasteiger partial charge in [-0.15, -0.1) is 12.4 Å². The molecule has 2 rings (SSSR count). The van der Waals surface area contributed by atoms with Gasteiger partial charge in [0.25, 0.3) is 0 Å². The fourth-order valence-electron chi connectivity index (χ4n) is 2.74. The molecule has 0 aromatic carbocycles. The Labute approximate surface area is 136 Å². The fraction of sp³-hybridized carbons (Fsp3) is 0.667. The number of carbonyl (C=O) groups excluding carboxylic acids is 1. The minimum atomic E-state index is -0.598. The van der Waals surface area contributed by atoms with E-state index in [9.17, 15) is 9.90 Å². The topological polar surface area (TPSA) is 61.4 Å². The number of nitrogens with one attached hydrogen (secondary N) is 2. The average molecular weight is 333 g/mol. The second-order valence-electron chi connectivity index (χ2n) is 5.65. The number of rotatable bonds is 6. The normalized spacial score (nSPS) is 18.6. The maximum absolute atomic E-state index is 11.9. The van der Waals surface area contributed by atoms with Crippen molar-refractivity contribution in [1.29, 1.82) is 0 Å². The van der Waals surface area contributed by atoms with E-state index in [1.54, 1.807) is 11.3 Å². The molecule has 1 aliphatic rings. The molecule has 0 aliphatic carbocycles. The molecule has 0 bridgehead atoms. The van der Waals surface area contributed by atoms with Gasteiger partial charge in [-0.3, -0.25) is 4.79 Å². The highest BCUT2D eigenvalue weighted by atomic mass is 35.5. The molecule has 3 N–H and O–H groups in total. The van der Waals surface area contributed by atoms with Crippen LogP contribution in [0.25, 0.3) is 0 Å². The molecule has 1 saturated heterocycles. The van der Waals surface area contributed by atoms with Crippen LogP contribution in [0.4, 0.5) is 0 Å². The third-order valence-corrected chi connectivity index (χ3v) is 4.82. The summed E-state index contributed by atoms with van der Waals surface area (Å²) >= 11 is 1.55. The van der Waals surface area contributed by atoms with Crippen LogP contribution in [0.15, 0.2) is 16.8 Å². The van der Waals surface area contributed by atoms with Gasteiger partial charge in [0, 0.05) is 13.0 Å². The minimum absolute atomic E-state index is 0. The van der Waals surface area contributed by atoms with E-state index in [0.29, 0.717) is 24.8 Å². The van der Waals surface area contributed by atoms with Crippen LogP contribution in [0, 0.1) is 11.8 Å². The summed E-state index contributed by atoms with van der Waals surface area (Å²) in [4.78, 5) is 11.9. The van der Waals surface area contributed by atoms with E-state index in [4.69, 9.17) is 0 Å². The lowest BCUT2D eigenvalue weighted by Crippen LogP contribution is -2.34. The summed E-state index contributed by atoms with van der Waals surface area (Å²) in [5.74, 6) is 1.10. The van der Waals surface area contributed by atoms with Gasteiger partial charge in [-0.2, -0.15) is 11.3 Å². The van der Waals surface area contributed by atoms with Crippen LogP contribution in [0.5, 0.6) is 0 Å². The number of hydrogen-bond donors (Lipinski definition) is 3. The fourth-order valence-corrected chi connectivity index (χ4v) is 3.44. The molecule has 0 spiro atoms. The molecule has 2 heterocycles. The Morgan fingerprint density at radius 2 is 2.24 bits per heavy atom. The number of thiophene rings is 1. The third-order valence-electron chi connectivity index (χ3n) is 4.12. The van der Waals surface area contributed by atoms with Crippen LogP contribution >= 0.6 is 23.7 Å². The zero-order valence-electron chi connectivity index (χ0n) is 12.4. The van der Waals surface area contributed by atoms with Gasteiger partial charge in [-0.05, 0) is 60.2 Å². The lowest BCUT2D eigenvalue weighted by atomic mass is 9.84. The van der Waals surface area contributed by atoms with Crippen molar-refractivity contribution >= 4 is 29.7 Å². The van der Waals surface area contributed by atoms with Crippen LogP contribution in [-0.4, -0.2) is 30.6 Å². The molecule has 1 amide bonds. The maximum Gasteiger partial charge on any atom is 0.220 e. The van der Waals surface area contributed by atoms with E-state index in [1.165, 1.54) is 0 Å². The van der Waals surface area contributed by atoms with Crippen molar-refractivity contribution in [2.24, 2.45) is 11.8 Å². The van der Waals surface area contributed by atoms with Crippen molar-refractivity contribution in [1.82, 2.24) is 10.6 Å². The van der Waals surface area contributed by atoms with Crippen molar-refractivity contribution in [3.63, 3.8) is 0 Å². The molecule has 1 aliphatic heterocycles. The summed E-state index contributed by atoms with van der Waals surface area (Å²) in [6.45, 7) is 4.58. The second kappa shape index (κ2) is 9.41. The van der Waals surface area contributed by atoms with Gasteiger partial charge >= 0.3 is 0 Å². The SMILES string of the molecule is CC(CC(=O)NCC(O)c1ccsc1)C1CCNCC1.Cl. The highest BCUT2D eigenvalue weighted by Crippen LogP contribution is 2.24. The molecule has 2 unspecified atom stereocenters. The number of aliphatic hydroxyl groups excluding tert-OH is 1. The molecular weight excluding hydrogens is 308 g/mol. The number of piperidine rings is 1. The molecule has 2 atom stereocenters. The van der Waals surface area contributed by atoms with Gasteiger partial charge in [0.1, 0.15) is 0 Å². The Bertz CT molecular complexity index is 408. The van der Waals surface area contributed by atoms with Crippen LogP contribution in [0.1, 0.15) is 37.9 Å². The largest absolute Gasteiger partial charge is 0.387 e. The van der Waals surface area contributed by atoms with Crippen LogP contribution in [0.3, 0.4) is 0 Å². The Hall–Kier alpha value is -0.620. The molecule has 1 fully saturated rings. The van der Waals surface area contributed by atoms with Crippen LogP contribution in [0.2, 0.25) is 0 Å². The maximum atomic E-state index is 11.9. The van der Waals surface area contributed by atoms with Crippen molar-refractivity contribution in [2.75, 3.05) is 19.6 Å². The van der Waals surface area contributed by atoms with Crippen LogP contribution in [-0.2, 0) is 4.79 Å². The van der Waals surface area contributed by atoms with E-state index in [0.717, 1.165) is 31.5 Å². The van der Waals surface area contributed by atoms with Gasteiger partial charge in [-0.1, -0.05) is 6.92 Å². The van der Waals surface area contributed by atoms with E-state index in [1.807, 2.05) is 16.8 Å². The van der Waals surface area contributed by atoms with E-state index >= 15 is 0 Å². The first-order chi connectivity index (χ1) is 9.66. The number of aliphatic hydroxyl groups is 1. The lowest BCUT2D eigenvalue weighted by molar-refractivity contribution is -0.122. The molecule has 6 heteroatoms. The molecule has 1 aromatic rings. The zero-order chi connectivity index (χ0) is 14.4. The summed E-state index contributed by atoms with van der Waals surface area (Å²) in [5, 5.41) is 20.0. The smallest absolute Gasteiger partial charge is 0.220 e. The molecular formula is C15H25ClN2O2S. The van der Waals surface area contributed by atoms with E-state index in [-0.39, 0.29) is 18.3 Å². The molecule has 21 heavy (non-hydrogen) atoms. The van der Waals surface area contributed by atoms with Crippen molar-refractivity contribution in [3.8, 4) is 0 Å². The van der Waals surface area contributed by atoms with Gasteiger partial charge in [0.15, 0.2) is 0 Å². The Kier molecular flexibility index (Phi) is 8.26. The van der Waals surface area contributed by atoms with E-state index < -0.39 is 6.10 Å². The van der Waals surface area contributed by atoms with Gasteiger partial charge in [0.2, 0.25) is 5.91 Å². The van der Waals surface area contributed by atoms with Gasteiger partial charge in [0.05, 0.1) is 6.10 Å². The zero-order valence-corrected chi connectivity index (χ0v) is 14.0. The number of halogens is 1. The predicted octanol–water partition coefficient (Wildman–Crippen LogP) is 2.35. The predicted molar refractivity (Wildman–Crippen MR) is 88.9 cm³/mol. The summed E-state index contributed by atoms with van der Waals surface area (Å²) in [6.07, 6.45) is 2.28. The summed E-state index contributed by atoms with van der Waals surface area (Å²) in [7, 11) is 0. The molecule has 4 nitrogen and oxygen atoms in total.